The highest BCUT2D eigenvalue weighted by atomic mass is 16.3. The van der Waals surface area contributed by atoms with Gasteiger partial charge in [-0.05, 0) is 43.7 Å². The van der Waals surface area contributed by atoms with E-state index in [1.54, 1.807) is 0 Å². The lowest BCUT2D eigenvalue weighted by molar-refractivity contribution is -0.0690. The van der Waals surface area contributed by atoms with Crippen molar-refractivity contribution in [3.8, 4) is 6.07 Å². The van der Waals surface area contributed by atoms with Gasteiger partial charge in [0.25, 0.3) is 0 Å². The predicted molar refractivity (Wildman–Crippen MR) is 67.3 cm³/mol. The van der Waals surface area contributed by atoms with Crippen LogP contribution in [-0.2, 0) is 12.0 Å². The van der Waals surface area contributed by atoms with Crippen LogP contribution in [0.1, 0.15) is 44.2 Å². The zero-order chi connectivity index (χ0) is 12.5. The molecule has 0 spiro atoms. The van der Waals surface area contributed by atoms with E-state index in [0.717, 1.165) is 18.4 Å². The van der Waals surface area contributed by atoms with E-state index < -0.39 is 11.0 Å². The van der Waals surface area contributed by atoms with E-state index in [1.807, 2.05) is 32.0 Å². The number of hydrogen-bond donors (Lipinski definition) is 1. The first-order valence-corrected chi connectivity index (χ1v) is 6.29. The molecule has 0 amide bonds. The zero-order valence-electron chi connectivity index (χ0n) is 10.5. The van der Waals surface area contributed by atoms with E-state index in [4.69, 9.17) is 0 Å². The summed E-state index contributed by atoms with van der Waals surface area (Å²) in [5.41, 5.74) is 0.447. The molecule has 2 heteroatoms. The fraction of sp³-hybridized carbons (Fsp3) is 0.533. The molecule has 0 aromatic heterocycles. The molecule has 0 heterocycles. The summed E-state index contributed by atoms with van der Waals surface area (Å²) < 4.78 is 0. The standard InChI is InChI=1S/C15H19NO/c1-3-14(2,11-16)15(17)10-6-8-12-7-4-5-9-13(12)15/h4-5,7,9,17H,3,6,8,10H2,1-2H3. The quantitative estimate of drug-likeness (QED) is 0.846. The number of benzene rings is 1. The number of aliphatic hydroxyl groups is 1. The molecule has 1 aliphatic rings. The molecular weight excluding hydrogens is 210 g/mol. The van der Waals surface area contributed by atoms with Crippen molar-refractivity contribution in [1.82, 2.24) is 0 Å². The molecule has 2 rings (SSSR count). The molecule has 2 nitrogen and oxygen atoms in total. The van der Waals surface area contributed by atoms with Gasteiger partial charge in [-0.15, -0.1) is 0 Å². The first kappa shape index (κ1) is 12.1. The lowest BCUT2D eigenvalue weighted by Gasteiger charge is -2.44. The highest BCUT2D eigenvalue weighted by molar-refractivity contribution is 5.38. The van der Waals surface area contributed by atoms with E-state index in [1.165, 1.54) is 5.56 Å². The molecule has 2 unspecified atom stereocenters. The number of fused-ring (bicyclic) bond motifs is 1. The van der Waals surface area contributed by atoms with Gasteiger partial charge in [-0.3, -0.25) is 0 Å². The maximum atomic E-state index is 11.0. The second-order valence-electron chi connectivity index (χ2n) is 5.17. The van der Waals surface area contributed by atoms with Crippen LogP contribution in [-0.4, -0.2) is 5.11 Å². The minimum Gasteiger partial charge on any atom is -0.383 e. The van der Waals surface area contributed by atoms with Gasteiger partial charge in [-0.2, -0.15) is 5.26 Å². The first-order chi connectivity index (χ1) is 8.07. The highest BCUT2D eigenvalue weighted by Crippen LogP contribution is 2.48. The molecule has 1 aliphatic carbocycles. The Kier molecular flexibility index (Phi) is 2.97. The summed E-state index contributed by atoms with van der Waals surface area (Å²) in [4.78, 5) is 0. The van der Waals surface area contributed by atoms with Crippen molar-refractivity contribution in [2.45, 2.75) is 45.1 Å². The van der Waals surface area contributed by atoms with Gasteiger partial charge in [0, 0.05) is 0 Å². The molecule has 1 aromatic rings. The van der Waals surface area contributed by atoms with Crippen LogP contribution in [0.3, 0.4) is 0 Å². The van der Waals surface area contributed by atoms with Gasteiger partial charge < -0.3 is 5.11 Å². The maximum Gasteiger partial charge on any atom is 0.108 e. The van der Waals surface area contributed by atoms with Crippen LogP contribution in [0.2, 0.25) is 0 Å². The van der Waals surface area contributed by atoms with Gasteiger partial charge in [-0.25, -0.2) is 0 Å². The predicted octanol–water partition coefficient (Wildman–Crippen LogP) is 3.15. The van der Waals surface area contributed by atoms with Crippen LogP contribution in [0, 0.1) is 16.7 Å². The summed E-state index contributed by atoms with van der Waals surface area (Å²) in [6.07, 6.45) is 3.30. The second-order valence-corrected chi connectivity index (χ2v) is 5.17. The van der Waals surface area contributed by atoms with E-state index in [-0.39, 0.29) is 0 Å². The molecule has 0 fully saturated rings. The highest BCUT2D eigenvalue weighted by Gasteiger charge is 2.49. The number of aryl methyl sites for hydroxylation is 1. The van der Waals surface area contributed by atoms with Crippen molar-refractivity contribution in [2.75, 3.05) is 0 Å². The molecule has 90 valence electrons. The van der Waals surface area contributed by atoms with Crippen molar-refractivity contribution < 1.29 is 5.11 Å². The summed E-state index contributed by atoms with van der Waals surface area (Å²) in [6, 6.07) is 10.3. The molecule has 17 heavy (non-hydrogen) atoms. The van der Waals surface area contributed by atoms with Crippen molar-refractivity contribution >= 4 is 0 Å². The van der Waals surface area contributed by atoms with Crippen LogP contribution in [0.4, 0.5) is 0 Å². The molecule has 0 bridgehead atoms. The summed E-state index contributed by atoms with van der Waals surface area (Å²) in [7, 11) is 0. The van der Waals surface area contributed by atoms with Gasteiger partial charge in [0.05, 0.1) is 11.5 Å². The topological polar surface area (TPSA) is 44.0 Å². The van der Waals surface area contributed by atoms with E-state index in [0.29, 0.717) is 12.8 Å². The Morgan fingerprint density at radius 3 is 2.82 bits per heavy atom. The molecule has 2 atom stereocenters. The van der Waals surface area contributed by atoms with Crippen LogP contribution >= 0.6 is 0 Å². The Morgan fingerprint density at radius 1 is 1.47 bits per heavy atom. The maximum absolute atomic E-state index is 11.0. The Bertz CT molecular complexity index is 462. The average molecular weight is 229 g/mol. The Labute approximate surface area is 103 Å². The molecular formula is C15H19NO. The van der Waals surface area contributed by atoms with E-state index in [2.05, 4.69) is 12.1 Å². The lowest BCUT2D eigenvalue weighted by atomic mass is 9.63. The Hall–Kier alpha value is -1.33. The molecule has 1 aromatic carbocycles. The monoisotopic (exact) mass is 229 g/mol. The van der Waals surface area contributed by atoms with Gasteiger partial charge in [-0.1, -0.05) is 31.2 Å². The average Bonchev–Trinajstić information content (AvgIpc) is 2.38. The van der Waals surface area contributed by atoms with Gasteiger partial charge in [0.15, 0.2) is 0 Å². The summed E-state index contributed by atoms with van der Waals surface area (Å²) in [5, 5.41) is 20.4. The van der Waals surface area contributed by atoms with Gasteiger partial charge in [0.1, 0.15) is 5.60 Å². The normalized spacial score (nSPS) is 26.7. The number of hydrogen-bond acceptors (Lipinski definition) is 2. The summed E-state index contributed by atoms with van der Waals surface area (Å²) in [6.45, 7) is 3.84. The fourth-order valence-corrected chi connectivity index (χ4v) is 2.85. The smallest absolute Gasteiger partial charge is 0.108 e. The third kappa shape index (κ3) is 1.66. The SMILES string of the molecule is CCC(C)(C#N)C1(O)CCCc2ccccc21. The molecule has 0 radical (unpaired) electrons. The first-order valence-electron chi connectivity index (χ1n) is 6.29. The van der Waals surface area contributed by atoms with Crippen LogP contribution < -0.4 is 0 Å². The second kappa shape index (κ2) is 4.16. The van der Waals surface area contributed by atoms with E-state index >= 15 is 0 Å². The fourth-order valence-electron chi connectivity index (χ4n) is 2.85. The largest absolute Gasteiger partial charge is 0.383 e. The number of nitrogens with zero attached hydrogens (tertiary/aromatic N) is 1. The molecule has 0 aliphatic heterocycles. The van der Waals surface area contributed by atoms with Crippen molar-refractivity contribution in [3.63, 3.8) is 0 Å². The van der Waals surface area contributed by atoms with Crippen molar-refractivity contribution in [1.29, 1.82) is 5.26 Å². The number of nitriles is 1. The van der Waals surface area contributed by atoms with Gasteiger partial charge in [0.2, 0.25) is 0 Å². The lowest BCUT2D eigenvalue weighted by Crippen LogP contribution is -2.45. The Morgan fingerprint density at radius 2 is 2.18 bits per heavy atom. The third-order valence-electron chi connectivity index (χ3n) is 4.31. The zero-order valence-corrected chi connectivity index (χ0v) is 10.5. The minimum atomic E-state index is -0.995. The van der Waals surface area contributed by atoms with Crippen LogP contribution in [0.25, 0.3) is 0 Å². The summed E-state index contributed by atoms with van der Waals surface area (Å²) in [5.74, 6) is 0. The summed E-state index contributed by atoms with van der Waals surface area (Å²) >= 11 is 0. The molecule has 0 saturated heterocycles. The Balaban J connectivity index is 2.58. The van der Waals surface area contributed by atoms with Gasteiger partial charge >= 0.3 is 0 Å². The van der Waals surface area contributed by atoms with Crippen molar-refractivity contribution in [3.05, 3.63) is 35.4 Å². The van der Waals surface area contributed by atoms with Crippen LogP contribution in [0.15, 0.2) is 24.3 Å². The van der Waals surface area contributed by atoms with E-state index in [9.17, 15) is 10.4 Å². The van der Waals surface area contributed by atoms with Crippen LogP contribution in [0.5, 0.6) is 0 Å². The molecule has 0 saturated carbocycles. The minimum absolute atomic E-state index is 0.661. The van der Waals surface area contributed by atoms with Crippen molar-refractivity contribution in [2.24, 2.45) is 5.41 Å². The molecule has 1 N–H and O–H groups in total. The third-order valence-corrected chi connectivity index (χ3v) is 4.31. The number of rotatable bonds is 2.